The molecule has 0 fully saturated rings. The van der Waals surface area contributed by atoms with Crippen LogP contribution in [0.3, 0.4) is 0 Å². The van der Waals surface area contributed by atoms with Crippen LogP contribution in [0.5, 0.6) is 5.75 Å². The van der Waals surface area contributed by atoms with Gasteiger partial charge in [0.15, 0.2) is 0 Å². The Morgan fingerprint density at radius 3 is 2.87 bits per heavy atom. The molecular weight excluding hydrogens is 306 g/mol. The molecule has 3 aromatic rings. The van der Waals surface area contributed by atoms with Gasteiger partial charge in [-0.3, -0.25) is 0 Å². The highest BCUT2D eigenvalue weighted by atomic mass is 32.1. The second kappa shape index (κ2) is 5.49. The summed E-state index contributed by atoms with van der Waals surface area (Å²) < 4.78 is 5.49. The van der Waals surface area contributed by atoms with Gasteiger partial charge >= 0.3 is 0 Å². The highest BCUT2D eigenvalue weighted by Gasteiger charge is 2.22. The minimum absolute atomic E-state index is 0.798. The molecule has 1 aliphatic rings. The third-order valence-electron chi connectivity index (χ3n) is 4.28. The molecule has 0 atom stereocenters. The van der Waals surface area contributed by atoms with Gasteiger partial charge in [-0.15, -0.1) is 11.3 Å². The minimum Gasteiger partial charge on any atom is -0.495 e. The summed E-state index contributed by atoms with van der Waals surface area (Å²) in [7, 11) is 1.69. The van der Waals surface area contributed by atoms with Crippen molar-refractivity contribution in [3.63, 3.8) is 0 Å². The normalized spacial score (nSPS) is 13.3. The van der Waals surface area contributed by atoms with Crippen LogP contribution in [0, 0.1) is 13.8 Å². The monoisotopic (exact) mass is 325 g/mol. The first-order chi connectivity index (χ1) is 11.2. The first-order valence-corrected chi connectivity index (χ1v) is 8.68. The maximum atomic E-state index is 5.49. The number of hydrogen-bond acceptors (Lipinski definition) is 5. The molecule has 118 valence electrons. The van der Waals surface area contributed by atoms with Crippen molar-refractivity contribution in [1.29, 1.82) is 0 Å². The van der Waals surface area contributed by atoms with Gasteiger partial charge in [-0.25, -0.2) is 9.97 Å². The van der Waals surface area contributed by atoms with E-state index in [9.17, 15) is 0 Å². The van der Waals surface area contributed by atoms with Crippen LogP contribution in [-0.4, -0.2) is 17.1 Å². The number of ether oxygens (including phenoxy) is 1. The van der Waals surface area contributed by atoms with Crippen LogP contribution in [0.15, 0.2) is 18.2 Å². The standard InChI is InChI=1S/C18H19N3OS/c1-10-7-8-14(22-3)13(9-10)21-17-16-12-5-4-6-15(12)23-18(16)20-11(2)19-17/h7-9H,4-6H2,1-3H3,(H,19,20,21). The van der Waals surface area contributed by atoms with Crippen LogP contribution in [0.4, 0.5) is 11.5 Å². The molecule has 0 radical (unpaired) electrons. The Kier molecular flexibility index (Phi) is 3.45. The topological polar surface area (TPSA) is 47.0 Å². The van der Waals surface area contributed by atoms with Crippen molar-refractivity contribution in [2.75, 3.05) is 12.4 Å². The van der Waals surface area contributed by atoms with Crippen LogP contribution in [0.1, 0.15) is 28.2 Å². The molecule has 23 heavy (non-hydrogen) atoms. The summed E-state index contributed by atoms with van der Waals surface area (Å²) in [4.78, 5) is 11.9. The molecule has 0 aliphatic heterocycles. The summed E-state index contributed by atoms with van der Waals surface area (Å²) >= 11 is 1.82. The molecule has 4 rings (SSSR count). The van der Waals surface area contributed by atoms with Crippen LogP contribution in [-0.2, 0) is 12.8 Å². The number of methoxy groups -OCH3 is 1. The number of aryl methyl sites for hydroxylation is 4. The lowest BCUT2D eigenvalue weighted by Gasteiger charge is -2.13. The molecule has 0 bridgehead atoms. The van der Waals surface area contributed by atoms with Gasteiger partial charge in [-0.1, -0.05) is 6.07 Å². The molecule has 0 unspecified atom stereocenters. The zero-order chi connectivity index (χ0) is 16.0. The second-order valence-corrected chi connectivity index (χ2v) is 7.07. The van der Waals surface area contributed by atoms with Gasteiger partial charge < -0.3 is 10.1 Å². The highest BCUT2D eigenvalue weighted by Crippen LogP contribution is 2.41. The van der Waals surface area contributed by atoms with Crippen LogP contribution >= 0.6 is 11.3 Å². The van der Waals surface area contributed by atoms with Crippen molar-refractivity contribution in [2.45, 2.75) is 33.1 Å². The molecule has 5 heteroatoms. The molecule has 1 aliphatic carbocycles. The van der Waals surface area contributed by atoms with Crippen molar-refractivity contribution in [3.8, 4) is 5.75 Å². The smallest absolute Gasteiger partial charge is 0.143 e. The Morgan fingerprint density at radius 2 is 2.04 bits per heavy atom. The van der Waals surface area contributed by atoms with E-state index in [1.807, 2.05) is 30.4 Å². The predicted molar refractivity (Wildman–Crippen MR) is 95.2 cm³/mol. The van der Waals surface area contributed by atoms with E-state index in [1.54, 1.807) is 7.11 Å². The van der Waals surface area contributed by atoms with E-state index in [1.165, 1.54) is 34.2 Å². The summed E-state index contributed by atoms with van der Waals surface area (Å²) in [5.74, 6) is 2.52. The van der Waals surface area contributed by atoms with Crippen LogP contribution < -0.4 is 10.1 Å². The molecule has 0 saturated heterocycles. The Hall–Kier alpha value is -2.14. The van der Waals surface area contributed by atoms with Crippen molar-refractivity contribution < 1.29 is 4.74 Å². The van der Waals surface area contributed by atoms with Crippen molar-refractivity contribution in [1.82, 2.24) is 9.97 Å². The maximum Gasteiger partial charge on any atom is 0.143 e. The molecule has 0 spiro atoms. The number of rotatable bonds is 3. The average Bonchev–Trinajstić information content (AvgIpc) is 3.07. The zero-order valence-corrected chi connectivity index (χ0v) is 14.4. The zero-order valence-electron chi connectivity index (χ0n) is 13.6. The molecule has 0 saturated carbocycles. The van der Waals surface area contributed by atoms with E-state index in [-0.39, 0.29) is 0 Å². The van der Waals surface area contributed by atoms with Gasteiger partial charge in [-0.2, -0.15) is 0 Å². The molecule has 1 N–H and O–H groups in total. The molecule has 2 heterocycles. The summed E-state index contributed by atoms with van der Waals surface area (Å²) in [6, 6.07) is 6.13. The van der Waals surface area contributed by atoms with E-state index in [2.05, 4.69) is 28.3 Å². The van der Waals surface area contributed by atoms with Gasteiger partial charge in [0.05, 0.1) is 18.2 Å². The predicted octanol–water partition coefficient (Wildman–Crippen LogP) is 4.55. The number of aromatic nitrogens is 2. The lowest BCUT2D eigenvalue weighted by atomic mass is 10.1. The number of hydrogen-bond donors (Lipinski definition) is 1. The molecular formula is C18H19N3OS. The summed E-state index contributed by atoms with van der Waals surface area (Å²) in [6.07, 6.45) is 3.53. The van der Waals surface area contributed by atoms with Crippen molar-refractivity contribution >= 4 is 33.1 Å². The third kappa shape index (κ3) is 2.45. The number of benzene rings is 1. The van der Waals surface area contributed by atoms with Crippen LogP contribution in [0.2, 0.25) is 0 Å². The number of thiophene rings is 1. The van der Waals surface area contributed by atoms with Crippen LogP contribution in [0.25, 0.3) is 10.2 Å². The summed E-state index contributed by atoms with van der Waals surface area (Å²) in [5, 5.41) is 4.69. The summed E-state index contributed by atoms with van der Waals surface area (Å²) in [6.45, 7) is 4.02. The molecule has 1 aromatic carbocycles. The largest absolute Gasteiger partial charge is 0.495 e. The SMILES string of the molecule is COc1ccc(C)cc1Nc1nc(C)nc2sc3c(c12)CCC3. The lowest BCUT2D eigenvalue weighted by Crippen LogP contribution is -2.01. The van der Waals surface area contributed by atoms with Gasteiger partial charge in [0.2, 0.25) is 0 Å². The second-order valence-electron chi connectivity index (χ2n) is 5.99. The fraction of sp³-hybridized carbons (Fsp3) is 0.333. The van der Waals surface area contributed by atoms with E-state index in [4.69, 9.17) is 4.74 Å². The number of fused-ring (bicyclic) bond motifs is 3. The van der Waals surface area contributed by atoms with Crippen molar-refractivity contribution in [3.05, 3.63) is 40.0 Å². The van der Waals surface area contributed by atoms with Gasteiger partial charge in [-0.05, 0) is 56.4 Å². The minimum atomic E-state index is 0.798. The van der Waals surface area contributed by atoms with Gasteiger partial charge in [0.25, 0.3) is 0 Å². The molecule has 4 nitrogen and oxygen atoms in total. The van der Waals surface area contributed by atoms with E-state index in [0.717, 1.165) is 34.3 Å². The van der Waals surface area contributed by atoms with Gasteiger partial charge in [0, 0.05) is 4.88 Å². The lowest BCUT2D eigenvalue weighted by molar-refractivity contribution is 0.416. The fourth-order valence-electron chi connectivity index (χ4n) is 3.24. The Bertz CT molecular complexity index is 901. The highest BCUT2D eigenvalue weighted by molar-refractivity contribution is 7.19. The summed E-state index contributed by atoms with van der Waals surface area (Å²) in [5.41, 5.74) is 3.56. The van der Waals surface area contributed by atoms with Gasteiger partial charge in [0.1, 0.15) is 22.2 Å². The van der Waals surface area contributed by atoms with Crippen molar-refractivity contribution in [2.24, 2.45) is 0 Å². The quantitative estimate of drug-likeness (QED) is 0.767. The maximum absolute atomic E-state index is 5.49. The Balaban J connectivity index is 1.87. The first-order valence-electron chi connectivity index (χ1n) is 7.86. The van der Waals surface area contributed by atoms with E-state index in [0.29, 0.717) is 0 Å². The number of nitrogens with one attached hydrogen (secondary N) is 1. The Morgan fingerprint density at radius 1 is 1.17 bits per heavy atom. The fourth-order valence-corrected chi connectivity index (χ4v) is 4.55. The Labute approximate surface area is 139 Å². The molecule has 0 amide bonds. The first kappa shape index (κ1) is 14.5. The number of anilines is 2. The van der Waals surface area contributed by atoms with E-state index < -0.39 is 0 Å². The number of nitrogens with zero attached hydrogens (tertiary/aromatic N) is 2. The average molecular weight is 325 g/mol. The third-order valence-corrected chi connectivity index (χ3v) is 5.47. The van der Waals surface area contributed by atoms with E-state index >= 15 is 0 Å². The molecule has 2 aromatic heterocycles.